The van der Waals surface area contributed by atoms with Gasteiger partial charge in [0.2, 0.25) is 0 Å². The van der Waals surface area contributed by atoms with Crippen molar-refractivity contribution >= 4 is 11.6 Å². The zero-order chi connectivity index (χ0) is 13.9. The van der Waals surface area contributed by atoms with Crippen LogP contribution in [0, 0.1) is 6.92 Å². The molecule has 0 unspecified atom stereocenters. The largest absolute Gasteiger partial charge is 0.484 e. The van der Waals surface area contributed by atoms with Gasteiger partial charge in [0.1, 0.15) is 23.9 Å². The van der Waals surface area contributed by atoms with Gasteiger partial charge in [-0.2, -0.15) is 0 Å². The van der Waals surface area contributed by atoms with Crippen molar-refractivity contribution < 1.29 is 9.15 Å². The molecule has 2 aromatic rings. The Kier molecular flexibility index (Phi) is 3.99. The SMILES string of the molecule is Cc1ccc(Cl)c(OCc2ccc(CNC3CC3)o2)c1. The van der Waals surface area contributed by atoms with Gasteiger partial charge < -0.3 is 14.5 Å². The average molecular weight is 292 g/mol. The summed E-state index contributed by atoms with van der Waals surface area (Å²) in [5.41, 5.74) is 1.12. The summed E-state index contributed by atoms with van der Waals surface area (Å²) in [5, 5.41) is 4.04. The van der Waals surface area contributed by atoms with Crippen LogP contribution in [0.25, 0.3) is 0 Å². The first-order valence-electron chi connectivity index (χ1n) is 6.90. The number of ether oxygens (including phenoxy) is 1. The first-order chi connectivity index (χ1) is 9.70. The van der Waals surface area contributed by atoms with Gasteiger partial charge >= 0.3 is 0 Å². The van der Waals surface area contributed by atoms with Crippen LogP contribution >= 0.6 is 11.6 Å². The molecule has 1 saturated carbocycles. The van der Waals surface area contributed by atoms with Crippen molar-refractivity contribution in [3.8, 4) is 5.75 Å². The van der Waals surface area contributed by atoms with Crippen molar-refractivity contribution in [1.82, 2.24) is 5.32 Å². The fraction of sp³-hybridized carbons (Fsp3) is 0.375. The second kappa shape index (κ2) is 5.90. The van der Waals surface area contributed by atoms with E-state index < -0.39 is 0 Å². The highest BCUT2D eigenvalue weighted by Gasteiger charge is 2.20. The fourth-order valence-corrected chi connectivity index (χ4v) is 2.17. The van der Waals surface area contributed by atoms with Crippen LogP contribution in [0.1, 0.15) is 29.9 Å². The average Bonchev–Trinajstić information content (AvgIpc) is 3.16. The molecule has 20 heavy (non-hydrogen) atoms. The number of hydrogen-bond acceptors (Lipinski definition) is 3. The second-order valence-electron chi connectivity index (χ2n) is 5.25. The quantitative estimate of drug-likeness (QED) is 0.871. The van der Waals surface area contributed by atoms with Crippen molar-refractivity contribution in [2.24, 2.45) is 0 Å². The van der Waals surface area contributed by atoms with Crippen LogP contribution in [-0.4, -0.2) is 6.04 Å². The molecule has 0 spiro atoms. The normalized spacial score (nSPS) is 14.5. The molecule has 0 saturated heterocycles. The van der Waals surface area contributed by atoms with Crippen LogP contribution in [0.2, 0.25) is 5.02 Å². The molecule has 1 N–H and O–H groups in total. The van der Waals surface area contributed by atoms with E-state index in [9.17, 15) is 0 Å². The van der Waals surface area contributed by atoms with Gasteiger partial charge in [0.05, 0.1) is 11.6 Å². The van der Waals surface area contributed by atoms with Gasteiger partial charge in [-0.25, -0.2) is 0 Å². The Morgan fingerprint density at radius 1 is 1.25 bits per heavy atom. The summed E-state index contributed by atoms with van der Waals surface area (Å²) in [6.45, 7) is 3.19. The minimum Gasteiger partial charge on any atom is -0.484 e. The highest BCUT2D eigenvalue weighted by atomic mass is 35.5. The fourth-order valence-electron chi connectivity index (χ4n) is 2.00. The van der Waals surface area contributed by atoms with E-state index in [-0.39, 0.29) is 0 Å². The number of aryl methyl sites for hydroxylation is 1. The topological polar surface area (TPSA) is 34.4 Å². The smallest absolute Gasteiger partial charge is 0.146 e. The molecule has 0 bridgehead atoms. The second-order valence-corrected chi connectivity index (χ2v) is 5.65. The Bertz CT molecular complexity index is 590. The van der Waals surface area contributed by atoms with Crippen LogP contribution in [0.4, 0.5) is 0 Å². The van der Waals surface area contributed by atoms with Crippen LogP contribution in [0.15, 0.2) is 34.7 Å². The standard InChI is InChI=1S/C16H18ClNO2/c1-11-2-7-15(17)16(8-11)19-10-14-6-5-13(20-14)9-18-12-3-4-12/h2,5-8,12,18H,3-4,9-10H2,1H3. The van der Waals surface area contributed by atoms with E-state index >= 15 is 0 Å². The maximum atomic E-state index is 6.09. The third-order valence-electron chi connectivity index (χ3n) is 3.32. The summed E-state index contributed by atoms with van der Waals surface area (Å²) >= 11 is 6.09. The Morgan fingerprint density at radius 2 is 2.05 bits per heavy atom. The molecule has 0 atom stereocenters. The molecule has 4 heteroatoms. The Morgan fingerprint density at radius 3 is 2.85 bits per heavy atom. The molecule has 1 aromatic carbocycles. The van der Waals surface area contributed by atoms with Gasteiger partial charge in [0.25, 0.3) is 0 Å². The number of benzene rings is 1. The van der Waals surface area contributed by atoms with Crippen molar-refractivity contribution in [2.75, 3.05) is 0 Å². The Labute approximate surface area is 123 Å². The lowest BCUT2D eigenvalue weighted by Gasteiger charge is -2.07. The predicted molar refractivity (Wildman–Crippen MR) is 79.1 cm³/mol. The van der Waals surface area contributed by atoms with E-state index in [1.807, 2.05) is 37.3 Å². The van der Waals surface area contributed by atoms with E-state index in [1.165, 1.54) is 12.8 Å². The van der Waals surface area contributed by atoms with E-state index in [0.29, 0.717) is 23.4 Å². The molecule has 1 fully saturated rings. The highest BCUT2D eigenvalue weighted by molar-refractivity contribution is 6.32. The number of hydrogen-bond donors (Lipinski definition) is 1. The van der Waals surface area contributed by atoms with Crippen molar-refractivity contribution in [3.05, 3.63) is 52.4 Å². The van der Waals surface area contributed by atoms with Crippen molar-refractivity contribution in [2.45, 2.75) is 39.0 Å². The maximum Gasteiger partial charge on any atom is 0.146 e. The lowest BCUT2D eigenvalue weighted by molar-refractivity contribution is 0.265. The van der Waals surface area contributed by atoms with E-state index in [4.69, 9.17) is 20.8 Å². The number of furan rings is 1. The zero-order valence-electron chi connectivity index (χ0n) is 11.5. The molecule has 0 aliphatic heterocycles. The molecular weight excluding hydrogens is 274 g/mol. The van der Waals surface area contributed by atoms with E-state index in [2.05, 4.69) is 5.32 Å². The van der Waals surface area contributed by atoms with Crippen molar-refractivity contribution in [1.29, 1.82) is 0 Å². The summed E-state index contributed by atoms with van der Waals surface area (Å²) in [6, 6.07) is 10.4. The van der Waals surface area contributed by atoms with Gasteiger partial charge in [-0.1, -0.05) is 17.7 Å². The number of halogens is 1. The van der Waals surface area contributed by atoms with Gasteiger partial charge in [0.15, 0.2) is 0 Å². The Hall–Kier alpha value is -1.45. The van der Waals surface area contributed by atoms with Gasteiger partial charge in [-0.15, -0.1) is 0 Å². The van der Waals surface area contributed by atoms with Crippen LogP contribution in [0.3, 0.4) is 0 Å². The molecule has 0 radical (unpaired) electrons. The van der Waals surface area contributed by atoms with Crippen LogP contribution < -0.4 is 10.1 Å². The molecule has 1 aliphatic rings. The van der Waals surface area contributed by atoms with E-state index in [0.717, 1.165) is 23.6 Å². The lowest BCUT2D eigenvalue weighted by atomic mass is 10.2. The van der Waals surface area contributed by atoms with Gasteiger partial charge in [-0.3, -0.25) is 0 Å². The van der Waals surface area contributed by atoms with Gasteiger partial charge in [0, 0.05) is 6.04 Å². The van der Waals surface area contributed by atoms with Crippen molar-refractivity contribution in [3.63, 3.8) is 0 Å². The molecule has 1 aliphatic carbocycles. The lowest BCUT2D eigenvalue weighted by Crippen LogP contribution is -2.14. The van der Waals surface area contributed by atoms with Crippen LogP contribution in [-0.2, 0) is 13.2 Å². The molecule has 0 amide bonds. The minimum absolute atomic E-state index is 0.395. The van der Waals surface area contributed by atoms with Crippen LogP contribution in [0.5, 0.6) is 5.75 Å². The molecular formula is C16H18ClNO2. The summed E-state index contributed by atoms with van der Waals surface area (Å²) in [6.07, 6.45) is 2.56. The maximum absolute atomic E-state index is 6.09. The summed E-state index contributed by atoms with van der Waals surface area (Å²) in [4.78, 5) is 0. The molecule has 3 rings (SSSR count). The Balaban J connectivity index is 1.55. The number of rotatable bonds is 6. The molecule has 106 valence electrons. The van der Waals surface area contributed by atoms with E-state index in [1.54, 1.807) is 0 Å². The highest BCUT2D eigenvalue weighted by Crippen LogP contribution is 2.26. The first kappa shape index (κ1) is 13.5. The molecule has 3 nitrogen and oxygen atoms in total. The summed E-state index contributed by atoms with van der Waals surface area (Å²) < 4.78 is 11.4. The molecule has 1 heterocycles. The third kappa shape index (κ3) is 3.56. The zero-order valence-corrected chi connectivity index (χ0v) is 12.2. The first-order valence-corrected chi connectivity index (χ1v) is 7.28. The predicted octanol–water partition coefficient (Wildman–Crippen LogP) is 4.07. The van der Waals surface area contributed by atoms with Gasteiger partial charge in [-0.05, 0) is 49.6 Å². The summed E-state index contributed by atoms with van der Waals surface area (Å²) in [7, 11) is 0. The minimum atomic E-state index is 0.395. The molecule has 1 aromatic heterocycles. The third-order valence-corrected chi connectivity index (χ3v) is 3.63. The summed E-state index contributed by atoms with van der Waals surface area (Å²) in [5.74, 6) is 2.46. The number of nitrogens with one attached hydrogen (secondary N) is 1. The monoisotopic (exact) mass is 291 g/mol.